The number of amides is 1. The molecular weight excluding hydrogens is 254 g/mol. The zero-order valence-electron chi connectivity index (χ0n) is 10.9. The molecule has 1 heterocycles. The van der Waals surface area contributed by atoms with Crippen LogP contribution in [0.2, 0.25) is 0 Å². The van der Waals surface area contributed by atoms with Gasteiger partial charge in [0, 0.05) is 11.9 Å². The van der Waals surface area contributed by atoms with E-state index >= 15 is 0 Å². The van der Waals surface area contributed by atoms with Crippen LogP contribution in [-0.4, -0.2) is 15.9 Å². The molecule has 0 saturated heterocycles. The molecule has 1 atom stereocenters. The van der Waals surface area contributed by atoms with Crippen molar-refractivity contribution in [1.82, 2.24) is 9.97 Å². The number of nitriles is 1. The van der Waals surface area contributed by atoms with Crippen LogP contribution in [0.15, 0.2) is 36.5 Å². The van der Waals surface area contributed by atoms with Gasteiger partial charge in [-0.1, -0.05) is 0 Å². The van der Waals surface area contributed by atoms with Gasteiger partial charge in [-0.25, -0.2) is 9.97 Å². The lowest BCUT2D eigenvalue weighted by atomic mass is 10.1. The largest absolute Gasteiger partial charge is 0.369 e. The van der Waals surface area contributed by atoms with Crippen molar-refractivity contribution in [2.75, 3.05) is 5.32 Å². The number of carbonyl (C=O) groups is 1. The molecular formula is C14H13N5O. The highest BCUT2D eigenvalue weighted by Gasteiger charge is 2.13. The summed E-state index contributed by atoms with van der Waals surface area (Å²) < 4.78 is 0. The molecule has 0 spiro atoms. The minimum Gasteiger partial charge on any atom is -0.369 e. The van der Waals surface area contributed by atoms with Crippen LogP contribution in [0.3, 0.4) is 0 Å². The molecule has 6 heteroatoms. The molecule has 2 rings (SSSR count). The first-order valence-corrected chi connectivity index (χ1v) is 5.99. The summed E-state index contributed by atoms with van der Waals surface area (Å²) in [5.41, 5.74) is 7.14. The molecule has 0 aliphatic rings. The molecule has 100 valence electrons. The summed E-state index contributed by atoms with van der Waals surface area (Å²) in [6.45, 7) is 1.69. The molecule has 20 heavy (non-hydrogen) atoms. The second-order valence-corrected chi connectivity index (χ2v) is 4.24. The molecule has 0 aliphatic heterocycles. The predicted molar refractivity (Wildman–Crippen MR) is 74.1 cm³/mol. The summed E-state index contributed by atoms with van der Waals surface area (Å²) in [5, 5.41) is 11.7. The Bertz CT molecular complexity index is 660. The van der Waals surface area contributed by atoms with E-state index in [-0.39, 0.29) is 0 Å². The highest BCUT2D eigenvalue weighted by Crippen LogP contribution is 2.16. The van der Waals surface area contributed by atoms with Gasteiger partial charge >= 0.3 is 0 Å². The van der Waals surface area contributed by atoms with Crippen LogP contribution in [0.4, 0.5) is 11.6 Å². The first-order chi connectivity index (χ1) is 9.60. The lowest BCUT2D eigenvalue weighted by molar-refractivity contribution is -0.119. The first-order valence-electron chi connectivity index (χ1n) is 5.99. The molecule has 0 aliphatic carbocycles. The Morgan fingerprint density at radius 3 is 2.65 bits per heavy atom. The molecule has 0 saturated carbocycles. The molecule has 2 aromatic rings. The zero-order valence-corrected chi connectivity index (χ0v) is 10.9. The zero-order chi connectivity index (χ0) is 14.5. The van der Waals surface area contributed by atoms with Gasteiger partial charge in [0.2, 0.25) is 11.9 Å². The number of hydrogen-bond donors (Lipinski definition) is 2. The van der Waals surface area contributed by atoms with Crippen molar-refractivity contribution in [3.8, 4) is 6.07 Å². The van der Waals surface area contributed by atoms with Gasteiger partial charge in [0.05, 0.1) is 23.2 Å². The van der Waals surface area contributed by atoms with Gasteiger partial charge in [-0.05, 0) is 37.3 Å². The second-order valence-electron chi connectivity index (χ2n) is 4.24. The maximum absolute atomic E-state index is 11.2. The minimum atomic E-state index is -0.473. The monoisotopic (exact) mass is 267 g/mol. The smallest absolute Gasteiger partial charge is 0.227 e. The number of benzene rings is 1. The number of nitrogens with two attached hydrogens (primary N) is 1. The maximum atomic E-state index is 11.2. The van der Waals surface area contributed by atoms with E-state index in [1.165, 1.54) is 0 Å². The van der Waals surface area contributed by atoms with Crippen molar-refractivity contribution >= 4 is 17.5 Å². The molecule has 0 bridgehead atoms. The molecule has 1 aromatic carbocycles. The van der Waals surface area contributed by atoms with E-state index in [1.54, 1.807) is 43.5 Å². The summed E-state index contributed by atoms with van der Waals surface area (Å²) >= 11 is 0. The van der Waals surface area contributed by atoms with E-state index in [4.69, 9.17) is 11.0 Å². The fourth-order valence-corrected chi connectivity index (χ4v) is 1.58. The third-order valence-corrected chi connectivity index (χ3v) is 2.82. The fourth-order valence-electron chi connectivity index (χ4n) is 1.58. The van der Waals surface area contributed by atoms with Crippen LogP contribution < -0.4 is 11.1 Å². The Morgan fingerprint density at radius 2 is 2.05 bits per heavy atom. The normalized spacial score (nSPS) is 11.4. The quantitative estimate of drug-likeness (QED) is 0.876. The molecule has 1 unspecified atom stereocenters. The van der Waals surface area contributed by atoms with Gasteiger partial charge in [0.15, 0.2) is 0 Å². The standard InChI is InChI=1S/C14H13N5O/c1-9(13(16)20)12-6-7-17-14(19-12)18-11-4-2-10(8-15)3-5-11/h2-7,9H,1H3,(H2,16,20)(H,17,18,19). The highest BCUT2D eigenvalue weighted by molar-refractivity contribution is 5.80. The molecule has 0 fully saturated rings. The van der Waals surface area contributed by atoms with Crippen LogP contribution in [0.1, 0.15) is 24.1 Å². The van der Waals surface area contributed by atoms with Crippen molar-refractivity contribution < 1.29 is 4.79 Å². The van der Waals surface area contributed by atoms with Gasteiger partial charge < -0.3 is 11.1 Å². The first kappa shape index (κ1) is 13.5. The average Bonchev–Trinajstić information content (AvgIpc) is 2.47. The maximum Gasteiger partial charge on any atom is 0.227 e. The van der Waals surface area contributed by atoms with Crippen molar-refractivity contribution in [2.24, 2.45) is 5.73 Å². The Kier molecular flexibility index (Phi) is 3.91. The number of nitrogens with one attached hydrogen (secondary N) is 1. The lowest BCUT2D eigenvalue weighted by Gasteiger charge is -2.09. The van der Waals surface area contributed by atoms with Crippen LogP contribution in [0.5, 0.6) is 0 Å². The number of hydrogen-bond acceptors (Lipinski definition) is 5. The van der Waals surface area contributed by atoms with E-state index < -0.39 is 11.8 Å². The summed E-state index contributed by atoms with van der Waals surface area (Å²) in [6, 6.07) is 10.6. The molecule has 0 radical (unpaired) electrons. The second kappa shape index (κ2) is 5.80. The third kappa shape index (κ3) is 3.09. The van der Waals surface area contributed by atoms with Gasteiger partial charge in [0.25, 0.3) is 0 Å². The summed E-state index contributed by atoms with van der Waals surface area (Å²) in [7, 11) is 0. The van der Waals surface area contributed by atoms with Crippen LogP contribution in [-0.2, 0) is 4.79 Å². The topological polar surface area (TPSA) is 105 Å². The van der Waals surface area contributed by atoms with Gasteiger partial charge in [-0.3, -0.25) is 4.79 Å². The Balaban J connectivity index is 2.19. The van der Waals surface area contributed by atoms with Crippen LogP contribution in [0, 0.1) is 11.3 Å². The van der Waals surface area contributed by atoms with Crippen LogP contribution >= 0.6 is 0 Å². The Hall–Kier alpha value is -2.94. The SMILES string of the molecule is CC(C(N)=O)c1ccnc(Nc2ccc(C#N)cc2)n1. The molecule has 6 nitrogen and oxygen atoms in total. The van der Waals surface area contributed by atoms with Gasteiger partial charge in [0.1, 0.15) is 0 Å². The minimum absolute atomic E-state index is 0.375. The number of nitrogens with zero attached hydrogens (tertiary/aromatic N) is 3. The number of rotatable bonds is 4. The molecule has 3 N–H and O–H groups in total. The fraction of sp³-hybridized carbons (Fsp3) is 0.143. The number of carbonyl (C=O) groups excluding carboxylic acids is 1. The van der Waals surface area contributed by atoms with E-state index in [1.807, 2.05) is 6.07 Å². The lowest BCUT2D eigenvalue weighted by Crippen LogP contribution is -2.20. The van der Waals surface area contributed by atoms with Gasteiger partial charge in [-0.2, -0.15) is 5.26 Å². The van der Waals surface area contributed by atoms with E-state index in [9.17, 15) is 4.79 Å². The summed E-state index contributed by atoms with van der Waals surface area (Å²) in [4.78, 5) is 19.5. The van der Waals surface area contributed by atoms with Crippen molar-refractivity contribution in [1.29, 1.82) is 5.26 Å². The summed E-state index contributed by atoms with van der Waals surface area (Å²) in [5.74, 6) is -0.534. The van der Waals surface area contributed by atoms with E-state index in [0.717, 1.165) is 5.69 Å². The highest BCUT2D eigenvalue weighted by atomic mass is 16.1. The number of anilines is 2. The van der Waals surface area contributed by atoms with Crippen molar-refractivity contribution in [3.63, 3.8) is 0 Å². The molecule has 1 amide bonds. The Labute approximate surface area is 116 Å². The van der Waals surface area contributed by atoms with Gasteiger partial charge in [-0.15, -0.1) is 0 Å². The number of primary amides is 1. The molecule has 1 aromatic heterocycles. The van der Waals surface area contributed by atoms with Crippen molar-refractivity contribution in [3.05, 3.63) is 47.8 Å². The Morgan fingerprint density at radius 1 is 1.35 bits per heavy atom. The predicted octanol–water partition coefficient (Wildman–Crippen LogP) is 1.68. The summed E-state index contributed by atoms with van der Waals surface area (Å²) in [6.07, 6.45) is 1.56. The van der Waals surface area contributed by atoms with E-state index in [2.05, 4.69) is 15.3 Å². The van der Waals surface area contributed by atoms with E-state index in [0.29, 0.717) is 17.2 Å². The average molecular weight is 267 g/mol. The van der Waals surface area contributed by atoms with Crippen molar-refractivity contribution in [2.45, 2.75) is 12.8 Å². The van der Waals surface area contributed by atoms with Crippen LogP contribution in [0.25, 0.3) is 0 Å². The number of aromatic nitrogens is 2. The third-order valence-electron chi connectivity index (χ3n) is 2.82.